The van der Waals surface area contributed by atoms with Crippen molar-refractivity contribution in [3.63, 3.8) is 0 Å². The first-order valence-electron chi connectivity index (χ1n) is 8.37. The van der Waals surface area contributed by atoms with E-state index in [0.29, 0.717) is 11.3 Å². The molecule has 2 rings (SSSR count). The molecule has 0 bridgehead atoms. The van der Waals surface area contributed by atoms with Crippen molar-refractivity contribution in [2.24, 2.45) is 0 Å². The summed E-state index contributed by atoms with van der Waals surface area (Å²) in [5.41, 5.74) is 2.70. The summed E-state index contributed by atoms with van der Waals surface area (Å²) >= 11 is 0. The molecule has 1 N–H and O–H groups in total. The maximum absolute atomic E-state index is 14.0. The lowest BCUT2D eigenvalue weighted by Crippen LogP contribution is -2.30. The quantitative estimate of drug-likeness (QED) is 0.802. The third-order valence-electron chi connectivity index (χ3n) is 4.18. The van der Waals surface area contributed by atoms with Crippen LogP contribution >= 0.6 is 0 Å². The Balaban J connectivity index is 2.21. The van der Waals surface area contributed by atoms with Crippen molar-refractivity contribution >= 4 is 11.6 Å². The number of rotatable bonds is 5. The van der Waals surface area contributed by atoms with Gasteiger partial charge in [-0.2, -0.15) is 0 Å². The molecule has 0 atom stereocenters. The first kappa shape index (κ1) is 18.0. The predicted octanol–water partition coefficient (Wildman–Crippen LogP) is 4.58. The van der Waals surface area contributed by atoms with Gasteiger partial charge in [0.25, 0.3) is 5.91 Å². The Kier molecular flexibility index (Phi) is 6.36. The van der Waals surface area contributed by atoms with E-state index in [9.17, 15) is 9.18 Å². The summed E-state index contributed by atoms with van der Waals surface area (Å²) in [6, 6.07) is 4.52. The summed E-state index contributed by atoms with van der Waals surface area (Å²) in [4.78, 5) is 14.6. The van der Waals surface area contributed by atoms with Gasteiger partial charge in [0, 0.05) is 30.0 Å². The molecule has 1 aromatic carbocycles. The van der Waals surface area contributed by atoms with Crippen molar-refractivity contribution in [1.82, 2.24) is 5.32 Å². The summed E-state index contributed by atoms with van der Waals surface area (Å²) in [5.74, 6) is -0.722. The number of amides is 1. The van der Waals surface area contributed by atoms with Gasteiger partial charge >= 0.3 is 0 Å². The lowest BCUT2D eigenvalue weighted by atomic mass is 10.1. The minimum absolute atomic E-state index is 0.321. The number of benzene rings is 1. The number of allylic oxidation sites excluding steroid dienone is 4. The molecule has 1 aromatic rings. The molecule has 1 heterocycles. The molecule has 1 aliphatic rings. The first-order valence-corrected chi connectivity index (χ1v) is 8.37. The lowest BCUT2D eigenvalue weighted by Gasteiger charge is -2.29. The zero-order valence-corrected chi connectivity index (χ0v) is 14.4. The first-order chi connectivity index (χ1) is 11.5. The fraction of sp³-hybridized carbons (Fsp3) is 0.350. The number of nitrogens with one attached hydrogen (secondary N) is 1. The van der Waals surface area contributed by atoms with E-state index in [1.807, 2.05) is 26.0 Å². The smallest absolute Gasteiger partial charge is 0.255 e. The summed E-state index contributed by atoms with van der Waals surface area (Å²) < 4.78 is 14.0. The molecule has 24 heavy (non-hydrogen) atoms. The molecule has 0 saturated carbocycles. The van der Waals surface area contributed by atoms with Crippen LogP contribution in [-0.4, -0.2) is 19.0 Å². The molecule has 0 aliphatic carbocycles. The van der Waals surface area contributed by atoms with E-state index in [1.165, 1.54) is 18.6 Å². The number of anilines is 1. The fourth-order valence-corrected chi connectivity index (χ4v) is 2.72. The number of hydrogen-bond acceptors (Lipinski definition) is 2. The zero-order valence-electron chi connectivity index (χ0n) is 14.4. The minimum atomic E-state index is -0.392. The Morgan fingerprint density at radius 2 is 1.96 bits per heavy atom. The molecule has 0 radical (unpaired) electrons. The van der Waals surface area contributed by atoms with Gasteiger partial charge in [-0.1, -0.05) is 18.2 Å². The highest BCUT2D eigenvalue weighted by Crippen LogP contribution is 2.22. The molecule has 3 nitrogen and oxygen atoms in total. The second-order valence-electron chi connectivity index (χ2n) is 6.04. The van der Waals surface area contributed by atoms with Crippen molar-refractivity contribution in [2.45, 2.75) is 33.1 Å². The summed E-state index contributed by atoms with van der Waals surface area (Å²) in [5, 5.41) is 2.78. The Labute approximate surface area is 143 Å². The molecule has 4 heteroatoms. The van der Waals surface area contributed by atoms with Gasteiger partial charge in [0.1, 0.15) is 5.82 Å². The lowest BCUT2D eigenvalue weighted by molar-refractivity contribution is 0.0966. The summed E-state index contributed by atoms with van der Waals surface area (Å²) in [7, 11) is 0. The van der Waals surface area contributed by atoms with E-state index < -0.39 is 5.82 Å². The largest absolute Gasteiger partial charge is 0.371 e. The zero-order chi connectivity index (χ0) is 17.5. The van der Waals surface area contributed by atoms with E-state index in [4.69, 9.17) is 0 Å². The molecule has 128 valence electrons. The van der Waals surface area contributed by atoms with E-state index >= 15 is 0 Å². The van der Waals surface area contributed by atoms with Gasteiger partial charge in [-0.3, -0.25) is 4.79 Å². The number of halogens is 1. The Morgan fingerprint density at radius 1 is 1.25 bits per heavy atom. The third-order valence-corrected chi connectivity index (χ3v) is 4.18. The summed E-state index contributed by atoms with van der Waals surface area (Å²) in [6.07, 6.45) is 8.75. The van der Waals surface area contributed by atoms with E-state index in [2.05, 4.69) is 16.8 Å². The Hall–Kier alpha value is -2.36. The maximum atomic E-state index is 14.0. The van der Waals surface area contributed by atoms with Crippen molar-refractivity contribution in [2.75, 3.05) is 18.0 Å². The second kappa shape index (κ2) is 8.48. The number of carbonyl (C=O) groups excluding carboxylic acids is 1. The summed E-state index contributed by atoms with van der Waals surface area (Å²) in [6.45, 7) is 9.38. The van der Waals surface area contributed by atoms with Crippen LogP contribution in [0.3, 0.4) is 0 Å². The van der Waals surface area contributed by atoms with Crippen LogP contribution in [0.15, 0.2) is 54.3 Å². The van der Waals surface area contributed by atoms with Crippen LogP contribution in [0, 0.1) is 5.82 Å². The minimum Gasteiger partial charge on any atom is -0.371 e. The van der Waals surface area contributed by atoms with Gasteiger partial charge in [0.05, 0.1) is 0 Å². The van der Waals surface area contributed by atoms with Crippen LogP contribution in [0.5, 0.6) is 0 Å². The molecule has 0 aromatic heterocycles. The highest BCUT2D eigenvalue weighted by atomic mass is 19.1. The highest BCUT2D eigenvalue weighted by Gasteiger charge is 2.15. The van der Waals surface area contributed by atoms with Gasteiger partial charge in [-0.25, -0.2) is 4.39 Å². The van der Waals surface area contributed by atoms with Crippen molar-refractivity contribution in [1.29, 1.82) is 0 Å². The standard InChI is InChI=1S/C20H25FN2O/c1-4-15(3)11-18(5-2)22-20(24)16-12-17(21)14-19(13-16)23-9-7-6-8-10-23/h4-5,11-14H,2,6-10H2,1,3H3,(H,22,24)/b15-4-,18-11+. The van der Waals surface area contributed by atoms with E-state index in [-0.39, 0.29) is 5.91 Å². The second-order valence-corrected chi connectivity index (χ2v) is 6.04. The molecule has 1 saturated heterocycles. The number of carbonyl (C=O) groups is 1. The van der Waals surface area contributed by atoms with Crippen LogP contribution in [-0.2, 0) is 0 Å². The van der Waals surface area contributed by atoms with Gasteiger partial charge in [0.15, 0.2) is 0 Å². The van der Waals surface area contributed by atoms with Crippen LogP contribution in [0.4, 0.5) is 10.1 Å². The molecule has 0 spiro atoms. The number of nitrogens with zero attached hydrogens (tertiary/aromatic N) is 1. The molecular weight excluding hydrogens is 303 g/mol. The fourth-order valence-electron chi connectivity index (χ4n) is 2.72. The van der Waals surface area contributed by atoms with E-state index in [0.717, 1.165) is 37.2 Å². The SMILES string of the molecule is C=C/C(=C\C(C)=C/C)NC(=O)c1cc(F)cc(N2CCCCC2)c1. The van der Waals surface area contributed by atoms with Crippen molar-refractivity contribution in [3.8, 4) is 0 Å². The van der Waals surface area contributed by atoms with Gasteiger partial charge in [-0.15, -0.1) is 0 Å². The third kappa shape index (κ3) is 4.82. The highest BCUT2D eigenvalue weighted by molar-refractivity contribution is 5.96. The average molecular weight is 328 g/mol. The topological polar surface area (TPSA) is 32.3 Å². The maximum Gasteiger partial charge on any atom is 0.255 e. The molecule has 1 fully saturated rings. The number of piperidine rings is 1. The monoisotopic (exact) mass is 328 g/mol. The van der Waals surface area contributed by atoms with Crippen LogP contribution in [0.2, 0.25) is 0 Å². The normalized spacial score (nSPS) is 16.0. The molecule has 0 unspecified atom stereocenters. The van der Waals surface area contributed by atoms with Crippen molar-refractivity contribution in [3.05, 3.63) is 65.7 Å². The van der Waals surface area contributed by atoms with E-state index in [1.54, 1.807) is 12.1 Å². The van der Waals surface area contributed by atoms with Gasteiger partial charge in [-0.05, 0) is 63.5 Å². The molecule has 1 amide bonds. The predicted molar refractivity (Wildman–Crippen MR) is 97.6 cm³/mol. The Morgan fingerprint density at radius 3 is 2.58 bits per heavy atom. The molecular formula is C20H25FN2O. The molecule has 1 aliphatic heterocycles. The van der Waals surface area contributed by atoms with Crippen LogP contribution in [0.25, 0.3) is 0 Å². The van der Waals surface area contributed by atoms with Gasteiger partial charge < -0.3 is 10.2 Å². The van der Waals surface area contributed by atoms with Crippen LogP contribution in [0.1, 0.15) is 43.5 Å². The number of hydrogen-bond donors (Lipinski definition) is 1. The van der Waals surface area contributed by atoms with Crippen molar-refractivity contribution < 1.29 is 9.18 Å². The van der Waals surface area contributed by atoms with Crippen LogP contribution < -0.4 is 10.2 Å². The Bertz CT molecular complexity index is 670. The van der Waals surface area contributed by atoms with Gasteiger partial charge in [0.2, 0.25) is 0 Å². The average Bonchev–Trinajstić information content (AvgIpc) is 2.61.